The number of allylic oxidation sites excluding steroid dienone is 4. The van der Waals surface area contributed by atoms with Gasteiger partial charge in [0.2, 0.25) is 0 Å². The molecule has 2 unspecified atom stereocenters. The first-order valence-electron chi connectivity index (χ1n) is 34.5. The number of hydrogen-bond donors (Lipinski definition) is 3. The van der Waals surface area contributed by atoms with Crippen molar-refractivity contribution in [2.45, 2.75) is 335 Å². The maximum atomic E-state index is 13.0. The Bertz CT molecular complexity index is 1760. The van der Waals surface area contributed by atoms with Crippen LogP contribution in [0.3, 0.4) is 0 Å². The number of aliphatic hydroxyl groups excluding tert-OH is 1. The van der Waals surface area contributed by atoms with E-state index in [9.17, 15) is 43.2 Å². The van der Waals surface area contributed by atoms with Crippen LogP contribution in [0.1, 0.15) is 317 Å². The van der Waals surface area contributed by atoms with Crippen LogP contribution in [0.2, 0.25) is 0 Å². The molecule has 0 rings (SSSR count). The minimum Gasteiger partial charge on any atom is -0.462 e. The Morgan fingerprint density at radius 2 is 0.628 bits per heavy atom. The lowest BCUT2D eigenvalue weighted by Crippen LogP contribution is -2.30. The average molecular weight is 1270 g/mol. The minimum absolute atomic E-state index is 0.0850. The molecule has 0 bridgehead atoms. The molecule has 86 heavy (non-hydrogen) atoms. The molecule has 0 fully saturated rings. The number of aliphatic hydroxyl groups is 1. The number of rotatable bonds is 65. The number of hydrogen-bond acceptors (Lipinski definition) is 15. The smallest absolute Gasteiger partial charge is 0.462 e. The van der Waals surface area contributed by atoms with Gasteiger partial charge in [0.05, 0.1) is 26.4 Å². The van der Waals surface area contributed by atoms with Gasteiger partial charge in [-0.05, 0) is 57.3 Å². The number of unbranched alkanes of at least 4 members (excludes halogenated alkanes) is 34. The van der Waals surface area contributed by atoms with Gasteiger partial charge in [-0.15, -0.1) is 0 Å². The first-order valence-corrected chi connectivity index (χ1v) is 37.4. The summed E-state index contributed by atoms with van der Waals surface area (Å²) >= 11 is 0. The number of carbonyl (C=O) groups excluding carboxylic acids is 4. The Morgan fingerprint density at radius 1 is 0.360 bits per heavy atom. The maximum absolute atomic E-state index is 13.0. The first-order chi connectivity index (χ1) is 41.5. The molecule has 0 aromatic heterocycles. The molecular weight excluding hydrogens is 1140 g/mol. The van der Waals surface area contributed by atoms with Crippen LogP contribution in [0.4, 0.5) is 0 Å². The molecule has 0 radical (unpaired) electrons. The monoisotopic (exact) mass is 1260 g/mol. The molecule has 506 valence electrons. The van der Waals surface area contributed by atoms with Crippen LogP contribution < -0.4 is 0 Å². The zero-order valence-corrected chi connectivity index (χ0v) is 56.7. The van der Waals surface area contributed by atoms with Crippen molar-refractivity contribution in [1.29, 1.82) is 0 Å². The van der Waals surface area contributed by atoms with Crippen molar-refractivity contribution in [2.75, 3.05) is 39.6 Å². The van der Waals surface area contributed by atoms with Crippen LogP contribution in [-0.4, -0.2) is 96.7 Å². The second-order valence-electron chi connectivity index (χ2n) is 24.0. The summed E-state index contributed by atoms with van der Waals surface area (Å²) in [7, 11) is -9.90. The molecule has 0 aliphatic carbocycles. The number of carbonyl (C=O) groups is 4. The van der Waals surface area contributed by atoms with Gasteiger partial charge < -0.3 is 33.8 Å². The van der Waals surface area contributed by atoms with E-state index in [1.54, 1.807) is 0 Å². The Hall–Kier alpha value is -2.46. The predicted molar refractivity (Wildman–Crippen MR) is 344 cm³/mol. The molecular formula is C67H126O17P2. The molecule has 0 saturated heterocycles. The van der Waals surface area contributed by atoms with Crippen LogP contribution in [-0.2, 0) is 65.4 Å². The molecule has 0 aliphatic rings. The lowest BCUT2D eigenvalue weighted by atomic mass is 10.0. The molecule has 0 amide bonds. The third-order valence-corrected chi connectivity index (χ3v) is 16.8. The highest BCUT2D eigenvalue weighted by Crippen LogP contribution is 2.45. The fourth-order valence-electron chi connectivity index (χ4n) is 9.57. The van der Waals surface area contributed by atoms with Crippen LogP contribution in [0.25, 0.3) is 0 Å². The highest BCUT2D eigenvalue weighted by atomic mass is 31.2. The summed E-state index contributed by atoms with van der Waals surface area (Å²) in [6, 6.07) is 0. The van der Waals surface area contributed by atoms with Crippen LogP contribution in [0.5, 0.6) is 0 Å². The van der Waals surface area contributed by atoms with Gasteiger partial charge in [0, 0.05) is 25.7 Å². The normalized spacial score (nSPS) is 14.3. The van der Waals surface area contributed by atoms with Crippen molar-refractivity contribution < 1.29 is 80.2 Å². The van der Waals surface area contributed by atoms with Crippen molar-refractivity contribution in [3.05, 3.63) is 24.3 Å². The molecule has 0 spiro atoms. The van der Waals surface area contributed by atoms with E-state index in [-0.39, 0.29) is 25.7 Å². The quantitative estimate of drug-likeness (QED) is 0.0169. The SMILES string of the molecule is CCCCCC/C=C\C=C/CCCCCCCC(=O)O[C@H](COC(=O)CCCCCCCCCCCCCC(C)C)COP(=O)(O)OC[C@@H](O)COP(=O)(O)OC[C@@H](COC(=O)CCCCCCCCCC)OC(=O)CCCCCCCCCCC. The fraction of sp³-hybridized carbons (Fsp3) is 0.881. The van der Waals surface area contributed by atoms with E-state index in [0.717, 1.165) is 115 Å². The van der Waals surface area contributed by atoms with Crippen LogP contribution in [0, 0.1) is 5.92 Å². The van der Waals surface area contributed by atoms with Gasteiger partial charge in [-0.2, -0.15) is 0 Å². The lowest BCUT2D eigenvalue weighted by molar-refractivity contribution is -0.161. The van der Waals surface area contributed by atoms with Gasteiger partial charge in [0.25, 0.3) is 0 Å². The summed E-state index contributed by atoms with van der Waals surface area (Å²) in [6.45, 7) is 7.11. The molecule has 5 atom stereocenters. The van der Waals surface area contributed by atoms with E-state index in [0.29, 0.717) is 25.7 Å². The van der Waals surface area contributed by atoms with E-state index < -0.39 is 97.5 Å². The lowest BCUT2D eigenvalue weighted by Gasteiger charge is -2.21. The van der Waals surface area contributed by atoms with E-state index >= 15 is 0 Å². The predicted octanol–water partition coefficient (Wildman–Crippen LogP) is 18.5. The summed E-state index contributed by atoms with van der Waals surface area (Å²) in [5, 5.41) is 10.5. The van der Waals surface area contributed by atoms with E-state index in [4.69, 9.17) is 37.0 Å². The van der Waals surface area contributed by atoms with Crippen molar-refractivity contribution in [1.82, 2.24) is 0 Å². The summed E-state index contributed by atoms with van der Waals surface area (Å²) in [5.74, 6) is -1.39. The van der Waals surface area contributed by atoms with E-state index in [2.05, 4.69) is 58.9 Å². The Balaban J connectivity index is 5.25. The zero-order chi connectivity index (χ0) is 63.5. The van der Waals surface area contributed by atoms with Gasteiger partial charge >= 0.3 is 39.5 Å². The zero-order valence-electron chi connectivity index (χ0n) is 54.9. The molecule has 3 N–H and O–H groups in total. The van der Waals surface area contributed by atoms with Crippen molar-refractivity contribution in [2.24, 2.45) is 5.92 Å². The van der Waals surface area contributed by atoms with Gasteiger partial charge in [0.15, 0.2) is 12.2 Å². The molecule has 0 heterocycles. The Labute approximate surface area is 522 Å². The molecule has 0 saturated carbocycles. The molecule has 0 aliphatic heterocycles. The first kappa shape index (κ1) is 83.5. The van der Waals surface area contributed by atoms with Crippen LogP contribution >= 0.6 is 15.6 Å². The van der Waals surface area contributed by atoms with Crippen molar-refractivity contribution in [3.63, 3.8) is 0 Å². The molecule has 0 aromatic carbocycles. The standard InChI is InChI=1S/C67H126O17P2/c1-6-9-12-15-18-21-22-23-24-25-28-33-38-43-48-53-67(72)84-63(57-78-65(70)51-46-41-36-32-29-26-27-31-34-39-44-49-60(4)5)59-82-86(75,76)80-55-61(68)54-79-85(73,74)81-58-62(56-77-64(69)50-45-40-35-20-17-14-11-8-3)83-66(71)52-47-42-37-30-19-16-13-10-7-2/h21-24,60-63,68H,6-20,25-59H2,1-5H3,(H,73,74)(H,75,76)/b22-21-,24-23-/t61-,62+,63+/m0/s1. The molecule has 19 heteroatoms. The summed E-state index contributed by atoms with van der Waals surface area (Å²) in [6.07, 6.45) is 48.0. The van der Waals surface area contributed by atoms with Crippen molar-refractivity contribution in [3.8, 4) is 0 Å². The highest BCUT2D eigenvalue weighted by Gasteiger charge is 2.30. The number of phosphoric acid groups is 2. The summed E-state index contributed by atoms with van der Waals surface area (Å²) in [4.78, 5) is 72.2. The number of phosphoric ester groups is 2. The maximum Gasteiger partial charge on any atom is 0.472 e. The summed E-state index contributed by atoms with van der Waals surface area (Å²) < 4.78 is 68.0. The topological polar surface area (TPSA) is 237 Å². The Kier molecular flexibility index (Phi) is 58.4. The minimum atomic E-state index is -4.96. The Morgan fingerprint density at radius 3 is 0.953 bits per heavy atom. The van der Waals surface area contributed by atoms with Gasteiger partial charge in [-0.3, -0.25) is 37.3 Å². The van der Waals surface area contributed by atoms with Gasteiger partial charge in [-0.1, -0.05) is 264 Å². The van der Waals surface area contributed by atoms with Gasteiger partial charge in [-0.25, -0.2) is 9.13 Å². The third-order valence-electron chi connectivity index (χ3n) is 14.9. The van der Waals surface area contributed by atoms with Gasteiger partial charge in [0.1, 0.15) is 19.3 Å². The second kappa shape index (κ2) is 60.1. The molecule has 0 aromatic rings. The highest BCUT2D eigenvalue weighted by molar-refractivity contribution is 7.47. The average Bonchev–Trinajstić information content (AvgIpc) is 3.62. The largest absolute Gasteiger partial charge is 0.472 e. The van der Waals surface area contributed by atoms with E-state index in [1.807, 2.05) is 0 Å². The van der Waals surface area contributed by atoms with Crippen LogP contribution in [0.15, 0.2) is 24.3 Å². The number of ether oxygens (including phenoxy) is 4. The van der Waals surface area contributed by atoms with Crippen molar-refractivity contribution >= 4 is 39.5 Å². The van der Waals surface area contributed by atoms with E-state index in [1.165, 1.54) is 122 Å². The fourth-order valence-corrected chi connectivity index (χ4v) is 11.2. The molecule has 17 nitrogen and oxygen atoms in total. The summed E-state index contributed by atoms with van der Waals surface area (Å²) in [5.41, 5.74) is 0. The number of esters is 4. The second-order valence-corrected chi connectivity index (χ2v) is 26.9. The third kappa shape index (κ3) is 60.5.